The number of rotatable bonds is 9. The zero-order chi connectivity index (χ0) is 21.6. The highest BCUT2D eigenvalue weighted by Crippen LogP contribution is 2.31. The molecule has 0 amide bonds. The van der Waals surface area contributed by atoms with Crippen LogP contribution >= 0.6 is 0 Å². The molecule has 1 heterocycles. The fourth-order valence-corrected chi connectivity index (χ4v) is 3.82. The van der Waals surface area contributed by atoms with Crippen LogP contribution in [-0.4, -0.2) is 62.9 Å². The minimum Gasteiger partial charge on any atom is -0.378 e. The fraction of sp³-hybridized carbons (Fsp3) is 0.391. The van der Waals surface area contributed by atoms with Gasteiger partial charge in [-0.2, -0.15) is 0 Å². The average Bonchev–Trinajstić information content (AvgIpc) is 2.83. The molecule has 2 aromatic rings. The zero-order valence-corrected chi connectivity index (χ0v) is 17.7. The summed E-state index contributed by atoms with van der Waals surface area (Å²) in [4.78, 5) is 40.1. The van der Waals surface area contributed by atoms with E-state index in [1.165, 1.54) is 14.2 Å². The van der Waals surface area contributed by atoms with Gasteiger partial charge >= 0.3 is 0 Å². The Hall–Kier alpha value is -2.58. The molecule has 1 unspecified atom stereocenters. The van der Waals surface area contributed by atoms with Gasteiger partial charge in [-0.25, -0.2) is 0 Å². The summed E-state index contributed by atoms with van der Waals surface area (Å²) in [6.45, 7) is 4.75. The normalized spacial score (nSPS) is 16.3. The summed E-state index contributed by atoms with van der Waals surface area (Å²) >= 11 is 0. The van der Waals surface area contributed by atoms with Gasteiger partial charge in [0, 0.05) is 29.9 Å². The van der Waals surface area contributed by atoms with Crippen molar-refractivity contribution in [3.05, 3.63) is 65.7 Å². The molecule has 1 aliphatic heterocycles. The molecule has 1 fully saturated rings. The molecular formula is C23H28N2O5. The van der Waals surface area contributed by atoms with Crippen molar-refractivity contribution in [2.75, 3.05) is 45.4 Å². The summed E-state index contributed by atoms with van der Waals surface area (Å²) in [5.74, 6) is -0.757. The smallest absolute Gasteiger partial charge is 0.198 e. The number of benzene rings is 2. The van der Waals surface area contributed by atoms with Crippen molar-refractivity contribution in [3.8, 4) is 0 Å². The number of nitrogens with zero attached hydrogens (tertiary/aromatic N) is 2. The number of Topliss-reactive ketones (excluding diaryl/α,β-unsaturated/α-hetero) is 2. The van der Waals surface area contributed by atoms with Crippen molar-refractivity contribution in [1.82, 2.24) is 5.23 Å². The Kier molecular flexibility index (Phi) is 7.33. The lowest BCUT2D eigenvalue weighted by molar-refractivity contribution is -0.369. The number of ketones is 2. The third-order valence-corrected chi connectivity index (χ3v) is 5.45. The van der Waals surface area contributed by atoms with E-state index in [1.54, 1.807) is 43.3 Å². The van der Waals surface area contributed by atoms with E-state index in [2.05, 4.69) is 4.90 Å². The quantitative estimate of drug-likeness (QED) is 0.356. The van der Waals surface area contributed by atoms with Crippen LogP contribution in [-0.2, 0) is 14.4 Å². The number of hydrogen-bond donors (Lipinski definition) is 0. The first kappa shape index (κ1) is 22.1. The van der Waals surface area contributed by atoms with Gasteiger partial charge in [0.2, 0.25) is 0 Å². The van der Waals surface area contributed by atoms with Crippen molar-refractivity contribution < 1.29 is 24.0 Å². The van der Waals surface area contributed by atoms with Crippen molar-refractivity contribution >= 4 is 17.3 Å². The predicted octanol–water partition coefficient (Wildman–Crippen LogP) is 3.16. The summed E-state index contributed by atoms with van der Waals surface area (Å²) in [5, 5.41) is 1.00. The lowest BCUT2D eigenvalue weighted by atomic mass is 9.80. The maximum absolute atomic E-state index is 13.7. The Morgan fingerprint density at radius 3 is 1.97 bits per heavy atom. The molecule has 1 atom stereocenters. The second kappa shape index (κ2) is 9.95. The van der Waals surface area contributed by atoms with Crippen LogP contribution in [0.1, 0.15) is 34.1 Å². The van der Waals surface area contributed by atoms with E-state index in [4.69, 9.17) is 14.4 Å². The third-order valence-electron chi connectivity index (χ3n) is 5.45. The molecule has 0 radical (unpaired) electrons. The Labute approximate surface area is 177 Å². The molecule has 7 nitrogen and oxygen atoms in total. The van der Waals surface area contributed by atoms with Crippen LogP contribution in [0.2, 0.25) is 0 Å². The highest BCUT2D eigenvalue weighted by molar-refractivity contribution is 6.23. The molecular weight excluding hydrogens is 384 g/mol. The molecule has 1 saturated heterocycles. The van der Waals surface area contributed by atoms with Gasteiger partial charge in [0.15, 0.2) is 17.1 Å². The van der Waals surface area contributed by atoms with E-state index in [9.17, 15) is 9.59 Å². The van der Waals surface area contributed by atoms with Gasteiger partial charge < -0.3 is 9.64 Å². The largest absolute Gasteiger partial charge is 0.378 e. The highest BCUT2D eigenvalue weighted by atomic mass is 16.9. The van der Waals surface area contributed by atoms with Gasteiger partial charge in [0.1, 0.15) is 0 Å². The van der Waals surface area contributed by atoms with E-state index in [0.29, 0.717) is 24.3 Å². The summed E-state index contributed by atoms with van der Waals surface area (Å²) in [7, 11) is 2.75. The molecule has 0 aliphatic carbocycles. The van der Waals surface area contributed by atoms with Crippen molar-refractivity contribution in [1.29, 1.82) is 0 Å². The summed E-state index contributed by atoms with van der Waals surface area (Å²) in [5.41, 5.74) is 0.196. The van der Waals surface area contributed by atoms with Gasteiger partial charge in [-0.15, -0.1) is 0 Å². The van der Waals surface area contributed by atoms with Crippen LogP contribution in [0.4, 0.5) is 5.69 Å². The highest BCUT2D eigenvalue weighted by Gasteiger charge is 2.51. The molecule has 2 aromatic carbocycles. The zero-order valence-electron chi connectivity index (χ0n) is 17.7. The van der Waals surface area contributed by atoms with Gasteiger partial charge in [-0.3, -0.25) is 19.3 Å². The molecule has 1 aliphatic rings. The summed E-state index contributed by atoms with van der Waals surface area (Å²) < 4.78 is 5.40. The van der Waals surface area contributed by atoms with Crippen molar-refractivity contribution in [3.63, 3.8) is 0 Å². The fourth-order valence-electron chi connectivity index (χ4n) is 3.82. The van der Waals surface area contributed by atoms with Crippen LogP contribution in [0.25, 0.3) is 0 Å². The first-order valence-corrected chi connectivity index (χ1v) is 10.0. The maximum Gasteiger partial charge on any atom is 0.198 e. The van der Waals surface area contributed by atoms with Crippen LogP contribution in [0, 0.1) is 0 Å². The minimum absolute atomic E-state index is 0.173. The van der Waals surface area contributed by atoms with E-state index in [-0.39, 0.29) is 18.0 Å². The lowest BCUT2D eigenvalue weighted by Crippen LogP contribution is -2.59. The molecule has 0 spiro atoms. The maximum atomic E-state index is 13.7. The van der Waals surface area contributed by atoms with E-state index in [0.717, 1.165) is 24.0 Å². The monoisotopic (exact) mass is 412 g/mol. The number of anilines is 1. The Bertz CT molecular complexity index is 846. The first-order valence-electron chi connectivity index (χ1n) is 10.0. The van der Waals surface area contributed by atoms with Gasteiger partial charge in [0.25, 0.3) is 0 Å². The second-order valence-corrected chi connectivity index (χ2v) is 7.01. The standard InChI is InChI=1S/C23H28N2O5/c1-4-23(25(28-2)29-3,21(26)18-8-6-5-7-9-18)22(27)19-10-12-20(13-11-19)24-14-16-30-17-15-24/h5-13H,4,14-17H2,1-3H3. The SMILES string of the molecule is CCC(C(=O)c1ccccc1)(C(=O)c1ccc(N2CCOCC2)cc1)N(OC)OC. The molecule has 160 valence electrons. The Morgan fingerprint density at radius 2 is 1.47 bits per heavy atom. The Morgan fingerprint density at radius 1 is 0.933 bits per heavy atom. The molecule has 7 heteroatoms. The number of morpholine rings is 1. The van der Waals surface area contributed by atoms with Gasteiger partial charge in [-0.05, 0) is 35.9 Å². The number of ether oxygens (including phenoxy) is 1. The number of carbonyl (C=O) groups is 2. The van der Waals surface area contributed by atoms with Crippen LogP contribution in [0.3, 0.4) is 0 Å². The molecule has 0 N–H and O–H groups in total. The number of carbonyl (C=O) groups excluding carboxylic acids is 2. The molecule has 0 bridgehead atoms. The summed E-state index contributed by atoms with van der Waals surface area (Å²) in [6, 6.07) is 16.0. The first-order chi connectivity index (χ1) is 14.6. The van der Waals surface area contributed by atoms with Crippen molar-refractivity contribution in [2.45, 2.75) is 18.9 Å². The molecule has 0 aromatic heterocycles. The van der Waals surface area contributed by atoms with Gasteiger partial charge in [-0.1, -0.05) is 37.3 Å². The van der Waals surface area contributed by atoms with Crippen molar-refractivity contribution in [2.24, 2.45) is 0 Å². The van der Waals surface area contributed by atoms with Gasteiger partial charge in [0.05, 0.1) is 27.4 Å². The summed E-state index contributed by atoms with van der Waals surface area (Å²) in [6.07, 6.45) is 0.173. The molecule has 0 saturated carbocycles. The molecule has 30 heavy (non-hydrogen) atoms. The van der Waals surface area contributed by atoms with Crippen LogP contribution in [0.15, 0.2) is 54.6 Å². The van der Waals surface area contributed by atoms with Crippen LogP contribution in [0.5, 0.6) is 0 Å². The molecule has 3 rings (SSSR count). The second-order valence-electron chi connectivity index (χ2n) is 7.01. The third kappa shape index (κ3) is 4.15. The van der Waals surface area contributed by atoms with E-state index >= 15 is 0 Å². The predicted molar refractivity (Wildman–Crippen MR) is 113 cm³/mol. The average molecular weight is 412 g/mol. The Balaban J connectivity index is 1.98. The minimum atomic E-state index is -1.65. The van der Waals surface area contributed by atoms with E-state index in [1.807, 2.05) is 18.2 Å². The van der Waals surface area contributed by atoms with Crippen LogP contribution < -0.4 is 4.90 Å². The number of hydrogen-bond acceptors (Lipinski definition) is 7. The topological polar surface area (TPSA) is 68.3 Å². The lowest BCUT2D eigenvalue weighted by Gasteiger charge is -2.37. The van der Waals surface area contributed by atoms with E-state index < -0.39 is 5.54 Å². The number of hydroxylamine groups is 2.